The van der Waals surface area contributed by atoms with Crippen molar-refractivity contribution in [2.75, 3.05) is 45.8 Å². The van der Waals surface area contributed by atoms with Gasteiger partial charge in [0.05, 0.1) is 5.92 Å². The molecule has 3 rings (SSSR count). The smallest absolute Gasteiger partial charge is 0.224 e. The van der Waals surface area contributed by atoms with E-state index in [1.165, 1.54) is 31.5 Å². The van der Waals surface area contributed by atoms with Crippen LogP contribution in [0.15, 0.2) is 30.3 Å². The molecule has 0 aromatic heterocycles. The van der Waals surface area contributed by atoms with Gasteiger partial charge in [-0.15, -0.1) is 0 Å². The SMILES string of the molecule is NCCCNC(=O)C1CCCN(C2CCN(CCc3ccccc3)CC2)C1. The van der Waals surface area contributed by atoms with Crippen LogP contribution in [-0.2, 0) is 11.2 Å². The van der Waals surface area contributed by atoms with E-state index in [9.17, 15) is 4.79 Å². The number of nitrogens with one attached hydrogen (secondary N) is 1. The summed E-state index contributed by atoms with van der Waals surface area (Å²) < 4.78 is 0. The first-order chi connectivity index (χ1) is 13.3. The molecule has 1 amide bonds. The first-order valence-corrected chi connectivity index (χ1v) is 10.7. The molecule has 150 valence electrons. The molecule has 5 heteroatoms. The predicted molar refractivity (Wildman–Crippen MR) is 111 cm³/mol. The second-order valence-electron chi connectivity index (χ2n) is 8.08. The molecule has 0 bridgehead atoms. The summed E-state index contributed by atoms with van der Waals surface area (Å²) >= 11 is 0. The first-order valence-electron chi connectivity index (χ1n) is 10.7. The Balaban J connectivity index is 1.39. The number of hydrogen-bond donors (Lipinski definition) is 2. The van der Waals surface area contributed by atoms with E-state index < -0.39 is 0 Å². The zero-order chi connectivity index (χ0) is 18.9. The Kier molecular flexibility index (Phi) is 8.11. The highest BCUT2D eigenvalue weighted by molar-refractivity contribution is 5.78. The van der Waals surface area contributed by atoms with Crippen LogP contribution < -0.4 is 11.1 Å². The van der Waals surface area contributed by atoms with Crippen molar-refractivity contribution in [2.45, 2.75) is 44.6 Å². The van der Waals surface area contributed by atoms with Crippen LogP contribution in [0.3, 0.4) is 0 Å². The van der Waals surface area contributed by atoms with E-state index in [4.69, 9.17) is 5.73 Å². The third-order valence-corrected chi connectivity index (χ3v) is 6.14. The van der Waals surface area contributed by atoms with Crippen LogP contribution in [0.2, 0.25) is 0 Å². The van der Waals surface area contributed by atoms with Crippen molar-refractivity contribution in [1.29, 1.82) is 0 Å². The summed E-state index contributed by atoms with van der Waals surface area (Å²) in [6, 6.07) is 11.4. The lowest BCUT2D eigenvalue weighted by molar-refractivity contribution is -0.127. The fraction of sp³-hybridized carbons (Fsp3) is 0.682. The van der Waals surface area contributed by atoms with Gasteiger partial charge in [0, 0.05) is 25.7 Å². The van der Waals surface area contributed by atoms with Crippen molar-refractivity contribution in [3.63, 3.8) is 0 Å². The zero-order valence-corrected chi connectivity index (χ0v) is 16.6. The van der Waals surface area contributed by atoms with Crippen LogP contribution in [0.5, 0.6) is 0 Å². The number of nitrogens with two attached hydrogens (primary N) is 1. The van der Waals surface area contributed by atoms with Gasteiger partial charge in [-0.2, -0.15) is 0 Å². The van der Waals surface area contributed by atoms with Gasteiger partial charge in [0.15, 0.2) is 0 Å². The maximum Gasteiger partial charge on any atom is 0.224 e. The molecule has 2 aliphatic rings. The molecular formula is C22H36N4O. The van der Waals surface area contributed by atoms with Gasteiger partial charge in [-0.05, 0) is 70.3 Å². The topological polar surface area (TPSA) is 61.6 Å². The number of benzene rings is 1. The molecule has 1 aromatic carbocycles. The Morgan fingerprint density at radius 3 is 2.63 bits per heavy atom. The van der Waals surface area contributed by atoms with Gasteiger partial charge in [0.1, 0.15) is 0 Å². The van der Waals surface area contributed by atoms with Gasteiger partial charge in [0.2, 0.25) is 5.91 Å². The molecule has 0 aliphatic carbocycles. The number of amides is 1. The maximum atomic E-state index is 12.4. The number of hydrogen-bond acceptors (Lipinski definition) is 4. The third kappa shape index (κ3) is 6.30. The van der Waals surface area contributed by atoms with E-state index in [0.29, 0.717) is 19.1 Å². The Labute approximate surface area is 164 Å². The Morgan fingerprint density at radius 2 is 1.89 bits per heavy atom. The van der Waals surface area contributed by atoms with Gasteiger partial charge < -0.3 is 16.0 Å². The Bertz CT molecular complexity index is 557. The average Bonchev–Trinajstić information content (AvgIpc) is 2.73. The van der Waals surface area contributed by atoms with Crippen LogP contribution in [0.1, 0.15) is 37.7 Å². The van der Waals surface area contributed by atoms with E-state index in [2.05, 4.69) is 45.4 Å². The van der Waals surface area contributed by atoms with Gasteiger partial charge in [0.25, 0.3) is 0 Å². The minimum atomic E-state index is 0.160. The summed E-state index contributed by atoms with van der Waals surface area (Å²) in [6.45, 7) is 6.96. The normalized spacial score (nSPS) is 22.6. The highest BCUT2D eigenvalue weighted by Gasteiger charge is 2.31. The molecule has 0 saturated carbocycles. The zero-order valence-electron chi connectivity index (χ0n) is 16.6. The minimum absolute atomic E-state index is 0.160. The molecule has 2 heterocycles. The third-order valence-electron chi connectivity index (χ3n) is 6.14. The maximum absolute atomic E-state index is 12.4. The molecule has 2 saturated heterocycles. The highest BCUT2D eigenvalue weighted by atomic mass is 16.1. The number of piperidine rings is 2. The van der Waals surface area contributed by atoms with Crippen LogP contribution in [-0.4, -0.2) is 67.6 Å². The summed E-state index contributed by atoms with van der Waals surface area (Å²) in [5.41, 5.74) is 6.94. The van der Waals surface area contributed by atoms with Crippen LogP contribution >= 0.6 is 0 Å². The van der Waals surface area contributed by atoms with Crippen molar-refractivity contribution in [3.8, 4) is 0 Å². The van der Waals surface area contributed by atoms with E-state index >= 15 is 0 Å². The lowest BCUT2D eigenvalue weighted by Crippen LogP contribution is -2.51. The van der Waals surface area contributed by atoms with Gasteiger partial charge in [-0.25, -0.2) is 0 Å². The molecule has 1 unspecified atom stereocenters. The second kappa shape index (κ2) is 10.8. The van der Waals surface area contributed by atoms with E-state index in [-0.39, 0.29) is 11.8 Å². The van der Waals surface area contributed by atoms with E-state index in [0.717, 1.165) is 45.3 Å². The summed E-state index contributed by atoms with van der Waals surface area (Å²) in [5.74, 6) is 0.390. The molecule has 5 nitrogen and oxygen atoms in total. The Morgan fingerprint density at radius 1 is 1.11 bits per heavy atom. The van der Waals surface area contributed by atoms with Crippen molar-refractivity contribution in [2.24, 2.45) is 11.7 Å². The van der Waals surface area contributed by atoms with Crippen molar-refractivity contribution >= 4 is 5.91 Å². The molecule has 3 N–H and O–H groups in total. The predicted octanol–water partition coefficient (Wildman–Crippen LogP) is 1.87. The van der Waals surface area contributed by atoms with Crippen LogP contribution in [0.25, 0.3) is 0 Å². The van der Waals surface area contributed by atoms with E-state index in [1.54, 1.807) is 0 Å². The monoisotopic (exact) mass is 372 g/mol. The van der Waals surface area contributed by atoms with Gasteiger partial charge >= 0.3 is 0 Å². The lowest BCUT2D eigenvalue weighted by atomic mass is 9.93. The number of carbonyl (C=O) groups excluding carboxylic acids is 1. The molecule has 1 aromatic rings. The molecular weight excluding hydrogens is 336 g/mol. The molecule has 0 radical (unpaired) electrons. The molecule has 27 heavy (non-hydrogen) atoms. The summed E-state index contributed by atoms with van der Waals surface area (Å²) in [4.78, 5) is 17.6. The molecule has 2 fully saturated rings. The molecule has 2 aliphatic heterocycles. The van der Waals surface area contributed by atoms with Crippen LogP contribution in [0.4, 0.5) is 0 Å². The fourth-order valence-electron chi connectivity index (χ4n) is 4.45. The average molecular weight is 373 g/mol. The second-order valence-corrected chi connectivity index (χ2v) is 8.08. The quantitative estimate of drug-likeness (QED) is 0.684. The number of nitrogens with zero attached hydrogens (tertiary/aromatic N) is 2. The minimum Gasteiger partial charge on any atom is -0.356 e. The van der Waals surface area contributed by atoms with Gasteiger partial charge in [-0.1, -0.05) is 30.3 Å². The first kappa shape index (κ1) is 20.3. The van der Waals surface area contributed by atoms with Crippen LogP contribution in [0, 0.1) is 5.92 Å². The largest absolute Gasteiger partial charge is 0.356 e. The number of rotatable bonds is 8. The molecule has 1 atom stereocenters. The molecule has 0 spiro atoms. The number of likely N-dealkylation sites (tertiary alicyclic amines) is 2. The lowest BCUT2D eigenvalue weighted by Gasteiger charge is -2.42. The van der Waals surface area contributed by atoms with Crippen molar-refractivity contribution in [3.05, 3.63) is 35.9 Å². The summed E-state index contributed by atoms with van der Waals surface area (Å²) in [7, 11) is 0. The Hall–Kier alpha value is -1.43. The summed E-state index contributed by atoms with van der Waals surface area (Å²) in [5, 5.41) is 3.06. The summed E-state index contributed by atoms with van der Waals surface area (Å²) in [6.07, 6.45) is 6.64. The fourth-order valence-corrected chi connectivity index (χ4v) is 4.45. The van der Waals surface area contributed by atoms with Crippen molar-refractivity contribution < 1.29 is 4.79 Å². The standard InChI is InChI=1S/C22H36N4O/c23-12-5-13-24-22(27)20-8-4-14-26(18-20)21-10-16-25(17-11-21)15-9-19-6-2-1-3-7-19/h1-3,6-7,20-21H,4-5,8-18,23H2,(H,24,27). The van der Waals surface area contributed by atoms with Gasteiger partial charge in [-0.3, -0.25) is 9.69 Å². The highest BCUT2D eigenvalue weighted by Crippen LogP contribution is 2.24. The van der Waals surface area contributed by atoms with Crippen molar-refractivity contribution in [1.82, 2.24) is 15.1 Å². The van der Waals surface area contributed by atoms with E-state index in [1.807, 2.05) is 0 Å². The number of carbonyl (C=O) groups is 1.